The molecule has 0 saturated carbocycles. The van der Waals surface area contributed by atoms with E-state index in [0.717, 1.165) is 10.9 Å². The van der Waals surface area contributed by atoms with Crippen LogP contribution in [0, 0.1) is 0 Å². The number of halogens is 2. The lowest BCUT2D eigenvalue weighted by molar-refractivity contribution is -0.0497. The average Bonchev–Trinajstić information content (AvgIpc) is 2.46. The zero-order chi connectivity index (χ0) is 10.1. The van der Waals surface area contributed by atoms with Gasteiger partial charge in [0, 0.05) is 24.1 Å². The largest absolute Gasteiger partial charge is 0.435 e. The first-order chi connectivity index (χ1) is 6.66. The zero-order valence-electron chi connectivity index (χ0n) is 7.58. The molecule has 0 amide bonds. The number of nitrogens with zero attached hydrogens (tertiary/aromatic N) is 1. The summed E-state index contributed by atoms with van der Waals surface area (Å²) in [6.45, 7) is -2.77. The van der Waals surface area contributed by atoms with Gasteiger partial charge in [-0.15, -0.1) is 0 Å². The topological polar surface area (TPSA) is 14.2 Å². The van der Waals surface area contributed by atoms with Gasteiger partial charge in [0.15, 0.2) is 0 Å². The van der Waals surface area contributed by atoms with Crippen LogP contribution in [0.5, 0.6) is 5.75 Å². The SMILES string of the molecule is Cn1ccc2cc(OC(F)F)ccc21. The standard InChI is InChI=1S/C10H9F2NO/c1-13-5-4-7-6-8(14-10(11)12)2-3-9(7)13/h2-6,10H,1H3. The van der Waals surface area contributed by atoms with Crippen molar-refractivity contribution in [2.45, 2.75) is 6.61 Å². The van der Waals surface area contributed by atoms with Crippen LogP contribution in [-0.4, -0.2) is 11.2 Å². The second kappa shape index (κ2) is 3.29. The molecule has 0 aliphatic heterocycles. The molecule has 0 fully saturated rings. The van der Waals surface area contributed by atoms with Gasteiger partial charge in [-0.05, 0) is 24.3 Å². The first kappa shape index (κ1) is 8.99. The third kappa shape index (κ3) is 1.55. The Labute approximate surface area is 79.7 Å². The molecular formula is C10H9F2NO. The fraction of sp³-hybridized carbons (Fsp3) is 0.200. The highest BCUT2D eigenvalue weighted by molar-refractivity contribution is 5.81. The van der Waals surface area contributed by atoms with Gasteiger partial charge in [-0.25, -0.2) is 0 Å². The monoisotopic (exact) mass is 197 g/mol. The maximum absolute atomic E-state index is 11.9. The van der Waals surface area contributed by atoms with Crippen molar-refractivity contribution in [3.8, 4) is 5.75 Å². The van der Waals surface area contributed by atoms with Crippen LogP contribution in [0.2, 0.25) is 0 Å². The summed E-state index contributed by atoms with van der Waals surface area (Å²) >= 11 is 0. The van der Waals surface area contributed by atoms with E-state index in [1.165, 1.54) is 6.07 Å². The summed E-state index contributed by atoms with van der Waals surface area (Å²) in [5.74, 6) is 0.193. The lowest BCUT2D eigenvalue weighted by atomic mass is 10.2. The molecule has 0 saturated heterocycles. The quantitative estimate of drug-likeness (QED) is 0.722. The Bertz CT molecular complexity index is 450. The Balaban J connectivity index is 2.42. The van der Waals surface area contributed by atoms with Crippen LogP contribution >= 0.6 is 0 Å². The Morgan fingerprint density at radius 1 is 1.29 bits per heavy atom. The summed E-state index contributed by atoms with van der Waals surface area (Å²) in [4.78, 5) is 0. The molecule has 0 bridgehead atoms. The summed E-state index contributed by atoms with van der Waals surface area (Å²) < 4.78 is 30.0. The van der Waals surface area contributed by atoms with Gasteiger partial charge in [-0.2, -0.15) is 8.78 Å². The van der Waals surface area contributed by atoms with Crippen LogP contribution in [-0.2, 0) is 7.05 Å². The Morgan fingerprint density at radius 2 is 2.07 bits per heavy atom. The van der Waals surface area contributed by atoms with Crippen molar-refractivity contribution in [1.82, 2.24) is 4.57 Å². The molecule has 0 aliphatic rings. The fourth-order valence-electron chi connectivity index (χ4n) is 1.44. The van der Waals surface area contributed by atoms with E-state index in [-0.39, 0.29) is 5.75 Å². The number of aryl methyl sites for hydroxylation is 1. The van der Waals surface area contributed by atoms with E-state index in [9.17, 15) is 8.78 Å². The lowest BCUT2D eigenvalue weighted by Crippen LogP contribution is -2.01. The van der Waals surface area contributed by atoms with E-state index in [1.54, 1.807) is 12.1 Å². The van der Waals surface area contributed by atoms with Gasteiger partial charge in [0.2, 0.25) is 0 Å². The Kier molecular flexibility index (Phi) is 2.11. The summed E-state index contributed by atoms with van der Waals surface area (Å²) in [6, 6.07) is 6.75. The molecule has 0 atom stereocenters. The van der Waals surface area contributed by atoms with E-state index in [4.69, 9.17) is 0 Å². The summed E-state index contributed by atoms with van der Waals surface area (Å²) in [7, 11) is 1.90. The van der Waals surface area contributed by atoms with Gasteiger partial charge in [-0.3, -0.25) is 0 Å². The van der Waals surface area contributed by atoms with Crippen molar-refractivity contribution in [3.63, 3.8) is 0 Å². The minimum Gasteiger partial charge on any atom is -0.435 e. The first-order valence-corrected chi connectivity index (χ1v) is 4.17. The van der Waals surface area contributed by atoms with Crippen molar-refractivity contribution in [2.24, 2.45) is 7.05 Å². The first-order valence-electron chi connectivity index (χ1n) is 4.17. The molecule has 1 heterocycles. The lowest BCUT2D eigenvalue weighted by Gasteiger charge is -2.04. The molecule has 0 radical (unpaired) electrons. The molecule has 1 aromatic heterocycles. The molecule has 14 heavy (non-hydrogen) atoms. The van der Waals surface area contributed by atoms with Crippen molar-refractivity contribution in [3.05, 3.63) is 30.5 Å². The van der Waals surface area contributed by atoms with Gasteiger partial charge in [-0.1, -0.05) is 0 Å². The summed E-state index contributed by atoms with van der Waals surface area (Å²) in [6.07, 6.45) is 1.87. The van der Waals surface area contributed by atoms with Crippen LogP contribution in [0.15, 0.2) is 30.5 Å². The van der Waals surface area contributed by atoms with Crippen molar-refractivity contribution in [1.29, 1.82) is 0 Å². The second-order valence-corrected chi connectivity index (χ2v) is 3.03. The number of benzene rings is 1. The Hall–Kier alpha value is -1.58. The third-order valence-corrected chi connectivity index (χ3v) is 2.08. The third-order valence-electron chi connectivity index (χ3n) is 2.08. The van der Waals surface area contributed by atoms with Gasteiger partial charge < -0.3 is 9.30 Å². The molecule has 4 heteroatoms. The molecule has 1 aromatic carbocycles. The number of rotatable bonds is 2. The van der Waals surface area contributed by atoms with E-state index in [0.29, 0.717) is 0 Å². The predicted molar refractivity (Wildman–Crippen MR) is 49.6 cm³/mol. The molecule has 0 spiro atoms. The molecule has 0 unspecified atom stereocenters. The Morgan fingerprint density at radius 3 is 2.79 bits per heavy atom. The van der Waals surface area contributed by atoms with E-state index in [1.807, 2.05) is 23.9 Å². The molecular weight excluding hydrogens is 188 g/mol. The van der Waals surface area contributed by atoms with Gasteiger partial charge in [0.25, 0.3) is 0 Å². The predicted octanol–water partition coefficient (Wildman–Crippen LogP) is 2.78. The number of fused-ring (bicyclic) bond motifs is 1. The highest BCUT2D eigenvalue weighted by Crippen LogP contribution is 2.22. The fourth-order valence-corrected chi connectivity index (χ4v) is 1.44. The minimum absolute atomic E-state index is 0.193. The van der Waals surface area contributed by atoms with Crippen molar-refractivity contribution in [2.75, 3.05) is 0 Å². The van der Waals surface area contributed by atoms with Crippen molar-refractivity contribution < 1.29 is 13.5 Å². The minimum atomic E-state index is -2.77. The van der Waals surface area contributed by atoms with Crippen LogP contribution in [0.25, 0.3) is 10.9 Å². The van der Waals surface area contributed by atoms with Crippen LogP contribution < -0.4 is 4.74 Å². The molecule has 74 valence electrons. The van der Waals surface area contributed by atoms with E-state index < -0.39 is 6.61 Å². The molecule has 0 N–H and O–H groups in total. The van der Waals surface area contributed by atoms with Gasteiger partial charge in [0.05, 0.1) is 0 Å². The van der Waals surface area contributed by atoms with E-state index >= 15 is 0 Å². The number of ether oxygens (including phenoxy) is 1. The smallest absolute Gasteiger partial charge is 0.387 e. The maximum atomic E-state index is 11.9. The summed E-state index contributed by atoms with van der Waals surface area (Å²) in [5.41, 5.74) is 0.992. The highest BCUT2D eigenvalue weighted by atomic mass is 19.3. The van der Waals surface area contributed by atoms with Crippen LogP contribution in [0.1, 0.15) is 0 Å². The van der Waals surface area contributed by atoms with Crippen LogP contribution in [0.3, 0.4) is 0 Å². The average molecular weight is 197 g/mol. The maximum Gasteiger partial charge on any atom is 0.387 e. The second-order valence-electron chi connectivity index (χ2n) is 3.03. The highest BCUT2D eigenvalue weighted by Gasteiger charge is 2.05. The number of hydrogen-bond donors (Lipinski definition) is 0. The molecule has 2 rings (SSSR count). The summed E-state index contributed by atoms with van der Waals surface area (Å²) in [5, 5.41) is 0.894. The number of aromatic nitrogens is 1. The molecule has 0 aliphatic carbocycles. The normalized spacial score (nSPS) is 11.1. The number of hydrogen-bond acceptors (Lipinski definition) is 1. The van der Waals surface area contributed by atoms with Gasteiger partial charge in [0.1, 0.15) is 5.75 Å². The van der Waals surface area contributed by atoms with Crippen LogP contribution in [0.4, 0.5) is 8.78 Å². The zero-order valence-corrected chi connectivity index (χ0v) is 7.58. The van der Waals surface area contributed by atoms with Crippen molar-refractivity contribution >= 4 is 10.9 Å². The van der Waals surface area contributed by atoms with E-state index in [2.05, 4.69) is 4.74 Å². The molecule has 2 nitrogen and oxygen atoms in total. The number of alkyl halides is 2. The van der Waals surface area contributed by atoms with Gasteiger partial charge >= 0.3 is 6.61 Å². The molecule has 2 aromatic rings.